The third-order valence-electron chi connectivity index (χ3n) is 3.00. The first-order valence-electron chi connectivity index (χ1n) is 6.96. The number of nitrogens with one attached hydrogen (secondary N) is 1. The van der Waals surface area contributed by atoms with Crippen molar-refractivity contribution in [2.45, 2.75) is 25.6 Å². The lowest BCUT2D eigenvalue weighted by atomic mass is 10.0. The summed E-state index contributed by atoms with van der Waals surface area (Å²) in [4.78, 5) is 0. The van der Waals surface area contributed by atoms with Crippen molar-refractivity contribution in [2.24, 2.45) is 0 Å². The Bertz CT molecular complexity index is 393. The molecule has 0 aliphatic carbocycles. The molecule has 0 aliphatic rings. The van der Waals surface area contributed by atoms with Crippen LogP contribution in [0.3, 0.4) is 0 Å². The molecule has 0 aliphatic heterocycles. The molecule has 1 aromatic rings. The lowest BCUT2D eigenvalue weighted by Crippen LogP contribution is -2.27. The van der Waals surface area contributed by atoms with Crippen LogP contribution in [0.25, 0.3) is 0 Å². The van der Waals surface area contributed by atoms with Crippen LogP contribution in [0.1, 0.15) is 30.5 Å². The second-order valence-corrected chi connectivity index (χ2v) is 4.69. The summed E-state index contributed by atoms with van der Waals surface area (Å²) >= 11 is 0. The summed E-state index contributed by atoms with van der Waals surface area (Å²) in [6, 6.07) is 5.08. The van der Waals surface area contributed by atoms with Crippen LogP contribution in [-0.2, 0) is 15.7 Å². The van der Waals surface area contributed by atoms with Crippen LogP contribution in [0.5, 0.6) is 0 Å². The van der Waals surface area contributed by atoms with Crippen molar-refractivity contribution in [1.82, 2.24) is 5.32 Å². The fourth-order valence-electron chi connectivity index (χ4n) is 1.84. The lowest BCUT2D eigenvalue weighted by Gasteiger charge is -2.19. The zero-order valence-electron chi connectivity index (χ0n) is 12.4. The van der Waals surface area contributed by atoms with Crippen LogP contribution in [0.2, 0.25) is 0 Å². The summed E-state index contributed by atoms with van der Waals surface area (Å²) in [5.74, 6) is 0. The predicted molar refractivity (Wildman–Crippen MR) is 75.2 cm³/mol. The van der Waals surface area contributed by atoms with E-state index in [9.17, 15) is 13.2 Å². The zero-order valence-corrected chi connectivity index (χ0v) is 12.4. The average Bonchev–Trinajstić information content (AvgIpc) is 2.46. The highest BCUT2D eigenvalue weighted by atomic mass is 19.4. The molecule has 0 fully saturated rings. The van der Waals surface area contributed by atoms with Gasteiger partial charge in [-0.15, -0.1) is 0 Å². The van der Waals surface area contributed by atoms with Gasteiger partial charge in [0.2, 0.25) is 0 Å². The minimum Gasteiger partial charge on any atom is -0.382 e. The summed E-state index contributed by atoms with van der Waals surface area (Å²) in [5.41, 5.74) is 0.148. The summed E-state index contributed by atoms with van der Waals surface area (Å²) in [6.07, 6.45) is -3.37. The number of hydrogen-bond acceptors (Lipinski definition) is 3. The third-order valence-corrected chi connectivity index (χ3v) is 3.00. The molecule has 3 nitrogen and oxygen atoms in total. The highest BCUT2D eigenvalue weighted by molar-refractivity contribution is 5.26. The molecule has 1 atom stereocenters. The van der Waals surface area contributed by atoms with E-state index in [1.54, 1.807) is 7.11 Å². The number of halogens is 3. The summed E-state index contributed by atoms with van der Waals surface area (Å²) < 4.78 is 48.0. The molecular weight excluding hydrogens is 283 g/mol. The molecule has 6 heteroatoms. The maximum atomic E-state index is 12.6. The van der Waals surface area contributed by atoms with Gasteiger partial charge in [0.1, 0.15) is 0 Å². The minimum absolute atomic E-state index is 0.121. The molecular formula is C15H22F3NO2. The molecule has 0 aromatic heterocycles. The van der Waals surface area contributed by atoms with Crippen molar-refractivity contribution in [3.8, 4) is 0 Å². The van der Waals surface area contributed by atoms with E-state index in [1.807, 2.05) is 6.92 Å². The normalized spacial score (nSPS) is 13.4. The Balaban J connectivity index is 2.68. The van der Waals surface area contributed by atoms with E-state index in [0.717, 1.165) is 30.7 Å². The van der Waals surface area contributed by atoms with Gasteiger partial charge in [0.05, 0.1) is 31.4 Å². The van der Waals surface area contributed by atoms with E-state index in [1.165, 1.54) is 12.1 Å². The first-order chi connectivity index (χ1) is 9.99. The zero-order chi connectivity index (χ0) is 15.7. The largest absolute Gasteiger partial charge is 0.416 e. The van der Waals surface area contributed by atoms with Gasteiger partial charge in [0, 0.05) is 7.11 Å². The average molecular weight is 305 g/mol. The van der Waals surface area contributed by atoms with Gasteiger partial charge >= 0.3 is 6.18 Å². The van der Waals surface area contributed by atoms with E-state index >= 15 is 0 Å². The van der Waals surface area contributed by atoms with Crippen LogP contribution in [0.15, 0.2) is 24.3 Å². The molecule has 0 saturated heterocycles. The smallest absolute Gasteiger partial charge is 0.382 e. The number of ether oxygens (including phenoxy) is 2. The highest BCUT2D eigenvalue weighted by Crippen LogP contribution is 2.29. The first-order valence-corrected chi connectivity index (χ1v) is 6.96. The third kappa shape index (κ3) is 6.46. The van der Waals surface area contributed by atoms with Crippen LogP contribution < -0.4 is 5.32 Å². The Hall–Kier alpha value is -1.11. The monoisotopic (exact) mass is 305 g/mol. The second kappa shape index (κ2) is 9.02. The van der Waals surface area contributed by atoms with Gasteiger partial charge in [-0.3, -0.25) is 0 Å². The highest BCUT2D eigenvalue weighted by Gasteiger charge is 2.30. The number of alkyl halides is 3. The Morgan fingerprint density at radius 1 is 1.14 bits per heavy atom. The molecule has 21 heavy (non-hydrogen) atoms. The molecule has 0 bridgehead atoms. The van der Waals surface area contributed by atoms with Gasteiger partial charge in [0.25, 0.3) is 0 Å². The van der Waals surface area contributed by atoms with Crippen molar-refractivity contribution in [2.75, 3.05) is 33.5 Å². The van der Waals surface area contributed by atoms with E-state index < -0.39 is 11.7 Å². The molecule has 0 heterocycles. The van der Waals surface area contributed by atoms with Crippen molar-refractivity contribution in [3.63, 3.8) is 0 Å². The van der Waals surface area contributed by atoms with Crippen molar-refractivity contribution < 1.29 is 22.6 Å². The molecule has 0 spiro atoms. The number of hydrogen-bond donors (Lipinski definition) is 1. The van der Waals surface area contributed by atoms with Crippen molar-refractivity contribution >= 4 is 0 Å². The Labute approximate surface area is 123 Å². The Morgan fingerprint density at radius 2 is 1.81 bits per heavy atom. The molecule has 1 N–H and O–H groups in total. The van der Waals surface area contributed by atoms with Gasteiger partial charge in [-0.25, -0.2) is 0 Å². The van der Waals surface area contributed by atoms with Gasteiger partial charge in [-0.2, -0.15) is 13.2 Å². The first kappa shape index (κ1) is 17.9. The van der Waals surface area contributed by atoms with E-state index in [0.29, 0.717) is 19.8 Å². The van der Waals surface area contributed by atoms with Crippen LogP contribution in [0, 0.1) is 0 Å². The topological polar surface area (TPSA) is 30.5 Å². The van der Waals surface area contributed by atoms with Crippen molar-refractivity contribution in [3.05, 3.63) is 35.4 Å². The Morgan fingerprint density at radius 3 is 2.33 bits per heavy atom. The quantitative estimate of drug-likeness (QED) is 0.709. The fourth-order valence-corrected chi connectivity index (χ4v) is 1.84. The van der Waals surface area contributed by atoms with Gasteiger partial charge in [-0.1, -0.05) is 19.1 Å². The molecule has 0 radical (unpaired) electrons. The predicted octanol–water partition coefficient (Wildman–Crippen LogP) is 3.41. The van der Waals surface area contributed by atoms with Gasteiger partial charge < -0.3 is 14.8 Å². The molecule has 0 saturated carbocycles. The number of rotatable bonds is 9. The van der Waals surface area contributed by atoms with Crippen molar-refractivity contribution in [1.29, 1.82) is 0 Å². The summed E-state index contributed by atoms with van der Waals surface area (Å²) in [5, 5.41) is 3.27. The van der Waals surface area contributed by atoms with E-state index in [-0.39, 0.29) is 6.04 Å². The lowest BCUT2D eigenvalue weighted by molar-refractivity contribution is -0.137. The van der Waals surface area contributed by atoms with Gasteiger partial charge in [0.15, 0.2) is 0 Å². The summed E-state index contributed by atoms with van der Waals surface area (Å²) in [6.45, 7) is 4.16. The molecule has 120 valence electrons. The Kier molecular flexibility index (Phi) is 7.71. The standard InChI is InChI=1S/C15H22F3NO2/c1-3-8-19-14(11-21-10-9-20-2)12-4-6-13(7-5-12)15(16,17)18/h4-7,14,19H,3,8-11H2,1-2H3. The van der Waals surface area contributed by atoms with E-state index in [2.05, 4.69) is 5.32 Å². The van der Waals surface area contributed by atoms with Crippen LogP contribution >= 0.6 is 0 Å². The maximum Gasteiger partial charge on any atom is 0.416 e. The molecule has 0 amide bonds. The second-order valence-electron chi connectivity index (χ2n) is 4.69. The molecule has 1 rings (SSSR count). The fraction of sp³-hybridized carbons (Fsp3) is 0.600. The summed E-state index contributed by atoms with van der Waals surface area (Å²) in [7, 11) is 1.59. The maximum absolute atomic E-state index is 12.6. The minimum atomic E-state index is -4.31. The SMILES string of the molecule is CCCNC(COCCOC)c1ccc(C(F)(F)F)cc1. The number of benzene rings is 1. The van der Waals surface area contributed by atoms with Gasteiger partial charge in [-0.05, 0) is 30.7 Å². The molecule has 1 aromatic carbocycles. The van der Waals surface area contributed by atoms with E-state index in [4.69, 9.17) is 9.47 Å². The number of methoxy groups -OCH3 is 1. The van der Waals surface area contributed by atoms with Crippen LogP contribution in [-0.4, -0.2) is 33.5 Å². The molecule has 1 unspecified atom stereocenters. The van der Waals surface area contributed by atoms with Crippen LogP contribution in [0.4, 0.5) is 13.2 Å².